The molecule has 0 fully saturated rings. The molecule has 4 heteroatoms. The third-order valence-electron chi connectivity index (χ3n) is 5.89. The summed E-state index contributed by atoms with van der Waals surface area (Å²) in [4.78, 5) is 25.8. The SMILES string of the molecule is CC(C)C(=O)c1ccccc1Oc1cccc(CC(C)C(=O)c2cccc(Oc3ccccc3)c2)c1. The van der Waals surface area contributed by atoms with Crippen LogP contribution in [0.25, 0.3) is 0 Å². The second-order valence-corrected chi connectivity index (χ2v) is 9.18. The van der Waals surface area contributed by atoms with Crippen molar-refractivity contribution in [1.82, 2.24) is 0 Å². The van der Waals surface area contributed by atoms with Crippen LogP contribution in [0.3, 0.4) is 0 Å². The Morgan fingerprint density at radius 2 is 1.28 bits per heavy atom. The highest BCUT2D eigenvalue weighted by molar-refractivity contribution is 6.00. The smallest absolute Gasteiger partial charge is 0.169 e. The molecule has 36 heavy (non-hydrogen) atoms. The summed E-state index contributed by atoms with van der Waals surface area (Å²) in [6.45, 7) is 5.68. The Kier molecular flexibility index (Phi) is 7.96. The number of para-hydroxylation sites is 2. The van der Waals surface area contributed by atoms with E-state index in [1.165, 1.54) is 0 Å². The van der Waals surface area contributed by atoms with Gasteiger partial charge in [0, 0.05) is 17.4 Å². The van der Waals surface area contributed by atoms with Crippen molar-refractivity contribution in [1.29, 1.82) is 0 Å². The quantitative estimate of drug-likeness (QED) is 0.216. The van der Waals surface area contributed by atoms with Crippen molar-refractivity contribution < 1.29 is 19.1 Å². The first kappa shape index (κ1) is 24.9. The first-order chi connectivity index (χ1) is 17.4. The van der Waals surface area contributed by atoms with Crippen LogP contribution in [0.2, 0.25) is 0 Å². The predicted molar refractivity (Wildman–Crippen MR) is 142 cm³/mol. The first-order valence-electron chi connectivity index (χ1n) is 12.2. The summed E-state index contributed by atoms with van der Waals surface area (Å²) < 4.78 is 12.0. The van der Waals surface area contributed by atoms with E-state index < -0.39 is 0 Å². The maximum absolute atomic E-state index is 13.2. The fourth-order valence-electron chi connectivity index (χ4n) is 4.00. The van der Waals surface area contributed by atoms with Crippen LogP contribution in [0.1, 0.15) is 47.1 Å². The van der Waals surface area contributed by atoms with Gasteiger partial charge in [-0.3, -0.25) is 9.59 Å². The molecule has 0 saturated heterocycles. The van der Waals surface area contributed by atoms with Crippen LogP contribution in [0, 0.1) is 11.8 Å². The van der Waals surface area contributed by atoms with Gasteiger partial charge in [0.25, 0.3) is 0 Å². The molecule has 1 unspecified atom stereocenters. The molecule has 0 aliphatic carbocycles. The molecule has 0 aromatic heterocycles. The van der Waals surface area contributed by atoms with E-state index in [1.807, 2.05) is 106 Å². The van der Waals surface area contributed by atoms with E-state index in [9.17, 15) is 9.59 Å². The number of ether oxygens (including phenoxy) is 2. The highest BCUT2D eigenvalue weighted by Gasteiger charge is 2.18. The zero-order valence-corrected chi connectivity index (χ0v) is 20.8. The fourth-order valence-corrected chi connectivity index (χ4v) is 4.00. The topological polar surface area (TPSA) is 52.6 Å². The van der Waals surface area contributed by atoms with Crippen molar-refractivity contribution in [3.8, 4) is 23.0 Å². The predicted octanol–water partition coefficient (Wildman–Crippen LogP) is 8.17. The van der Waals surface area contributed by atoms with E-state index in [2.05, 4.69) is 0 Å². The Hall–Kier alpha value is -4.18. The Bertz CT molecular complexity index is 1340. The van der Waals surface area contributed by atoms with Gasteiger partial charge in [-0.15, -0.1) is 0 Å². The monoisotopic (exact) mass is 478 g/mol. The third-order valence-corrected chi connectivity index (χ3v) is 5.89. The average molecular weight is 479 g/mol. The molecule has 1 atom stereocenters. The lowest BCUT2D eigenvalue weighted by molar-refractivity contribution is 0.0924. The highest BCUT2D eigenvalue weighted by Crippen LogP contribution is 2.29. The molecule has 4 aromatic carbocycles. The lowest BCUT2D eigenvalue weighted by Crippen LogP contribution is -2.14. The molecule has 0 amide bonds. The maximum atomic E-state index is 13.2. The number of ketones is 2. The van der Waals surface area contributed by atoms with Crippen LogP contribution in [-0.2, 0) is 6.42 Å². The summed E-state index contributed by atoms with van der Waals surface area (Å²) in [7, 11) is 0. The van der Waals surface area contributed by atoms with Gasteiger partial charge >= 0.3 is 0 Å². The van der Waals surface area contributed by atoms with Crippen molar-refractivity contribution in [2.75, 3.05) is 0 Å². The van der Waals surface area contributed by atoms with Crippen molar-refractivity contribution in [2.24, 2.45) is 11.8 Å². The van der Waals surface area contributed by atoms with E-state index in [4.69, 9.17) is 9.47 Å². The van der Waals surface area contributed by atoms with Gasteiger partial charge in [-0.25, -0.2) is 0 Å². The molecule has 0 bridgehead atoms. The number of hydrogen-bond donors (Lipinski definition) is 0. The van der Waals surface area contributed by atoms with Gasteiger partial charge in [0.1, 0.15) is 23.0 Å². The van der Waals surface area contributed by atoms with Crippen LogP contribution in [0.5, 0.6) is 23.0 Å². The average Bonchev–Trinajstić information content (AvgIpc) is 2.89. The normalized spacial score (nSPS) is 11.7. The second-order valence-electron chi connectivity index (χ2n) is 9.18. The van der Waals surface area contributed by atoms with Gasteiger partial charge in [0.05, 0.1) is 5.56 Å². The molecule has 182 valence electrons. The zero-order valence-electron chi connectivity index (χ0n) is 20.8. The zero-order chi connectivity index (χ0) is 25.5. The van der Waals surface area contributed by atoms with Crippen LogP contribution in [0.4, 0.5) is 0 Å². The molecule has 0 saturated carbocycles. The minimum Gasteiger partial charge on any atom is -0.457 e. The summed E-state index contributed by atoms with van der Waals surface area (Å²) in [5.74, 6) is 2.26. The minimum absolute atomic E-state index is 0.0412. The molecule has 0 N–H and O–H groups in total. The van der Waals surface area contributed by atoms with Crippen molar-refractivity contribution in [3.05, 3.63) is 120 Å². The summed E-state index contributed by atoms with van der Waals surface area (Å²) in [5.41, 5.74) is 2.17. The van der Waals surface area contributed by atoms with Crippen LogP contribution in [-0.4, -0.2) is 11.6 Å². The lowest BCUT2D eigenvalue weighted by atomic mass is 9.93. The van der Waals surface area contributed by atoms with Gasteiger partial charge < -0.3 is 9.47 Å². The lowest BCUT2D eigenvalue weighted by Gasteiger charge is -2.14. The molecule has 4 rings (SSSR count). The molecule has 0 radical (unpaired) electrons. The standard InChI is InChI=1S/C32H30O4/c1-22(2)31(33)29-17-7-8-18-30(29)36-27-15-9-11-24(20-27)19-23(3)32(34)25-12-10-16-28(21-25)35-26-13-5-4-6-14-26/h4-18,20-23H,19H2,1-3H3. The largest absolute Gasteiger partial charge is 0.457 e. The van der Waals surface area contributed by atoms with E-state index in [0.717, 1.165) is 11.3 Å². The third kappa shape index (κ3) is 6.28. The molecule has 0 aliphatic heterocycles. The molecular weight excluding hydrogens is 448 g/mol. The van der Waals surface area contributed by atoms with Crippen molar-refractivity contribution in [3.63, 3.8) is 0 Å². The van der Waals surface area contributed by atoms with Crippen LogP contribution >= 0.6 is 0 Å². The fraction of sp³-hybridized carbons (Fsp3) is 0.188. The molecular formula is C32H30O4. The van der Waals surface area contributed by atoms with Gasteiger partial charge in [-0.05, 0) is 60.5 Å². The Balaban J connectivity index is 1.45. The molecule has 4 aromatic rings. The number of benzene rings is 4. The molecule has 4 nitrogen and oxygen atoms in total. The number of Topliss-reactive ketones (excluding diaryl/α,β-unsaturated/α-hetero) is 2. The Morgan fingerprint density at radius 3 is 2.03 bits per heavy atom. The minimum atomic E-state index is -0.234. The number of hydrogen-bond acceptors (Lipinski definition) is 4. The van der Waals surface area contributed by atoms with Crippen LogP contribution in [0.15, 0.2) is 103 Å². The van der Waals surface area contributed by atoms with Gasteiger partial charge in [0.2, 0.25) is 0 Å². The summed E-state index contributed by atoms with van der Waals surface area (Å²) in [5, 5.41) is 0. The molecule has 0 spiro atoms. The van der Waals surface area contributed by atoms with Gasteiger partial charge in [-0.2, -0.15) is 0 Å². The first-order valence-corrected chi connectivity index (χ1v) is 12.2. The van der Waals surface area contributed by atoms with E-state index in [1.54, 1.807) is 18.2 Å². The number of rotatable bonds is 10. The maximum Gasteiger partial charge on any atom is 0.169 e. The molecule has 0 heterocycles. The van der Waals surface area contributed by atoms with Crippen LogP contribution < -0.4 is 9.47 Å². The summed E-state index contributed by atoms with van der Waals surface area (Å²) in [6.07, 6.45) is 0.562. The Labute approximate surface area is 212 Å². The van der Waals surface area contributed by atoms with Gasteiger partial charge in [0.15, 0.2) is 11.6 Å². The Morgan fingerprint density at radius 1 is 0.639 bits per heavy atom. The van der Waals surface area contributed by atoms with E-state index in [0.29, 0.717) is 34.8 Å². The van der Waals surface area contributed by atoms with Crippen molar-refractivity contribution >= 4 is 11.6 Å². The summed E-state index contributed by atoms with van der Waals surface area (Å²) in [6, 6.07) is 31.7. The second kappa shape index (κ2) is 11.5. The van der Waals surface area contributed by atoms with E-state index in [-0.39, 0.29) is 23.4 Å². The summed E-state index contributed by atoms with van der Waals surface area (Å²) >= 11 is 0. The van der Waals surface area contributed by atoms with E-state index >= 15 is 0 Å². The highest BCUT2D eigenvalue weighted by atomic mass is 16.5. The molecule has 0 aliphatic rings. The number of carbonyl (C=O) groups excluding carboxylic acids is 2. The van der Waals surface area contributed by atoms with Crippen molar-refractivity contribution in [2.45, 2.75) is 27.2 Å². The van der Waals surface area contributed by atoms with Gasteiger partial charge in [-0.1, -0.05) is 75.4 Å². The number of carbonyl (C=O) groups is 2.